The zero-order valence-electron chi connectivity index (χ0n) is 6.10. The number of phenolic OH excluding ortho intramolecular Hbond substituents is 1. The molecule has 1 nitrogen and oxygen atoms in total. The fourth-order valence-electron chi connectivity index (χ4n) is 0.782. The van der Waals surface area contributed by atoms with Gasteiger partial charge in [-0.05, 0) is 24.3 Å². The summed E-state index contributed by atoms with van der Waals surface area (Å²) in [6.45, 7) is 0. The molecule has 0 unspecified atom stereocenters. The fourth-order valence-corrected chi connectivity index (χ4v) is 1.11. The summed E-state index contributed by atoms with van der Waals surface area (Å²) in [6.07, 6.45) is 0. The minimum absolute atomic E-state index is 0.0101. The Morgan fingerprint density at radius 3 is 2.17 bits per heavy atom. The van der Waals surface area contributed by atoms with Gasteiger partial charge in [-0.1, -0.05) is 15.9 Å². The van der Waals surface area contributed by atoms with Gasteiger partial charge in [0.1, 0.15) is 5.75 Å². The standard InChI is InChI=1S/C8H7BrF2O/c9-5-8(10,11)6-1-3-7(12)4-2-6/h1-4,12H,5H2. The topological polar surface area (TPSA) is 20.2 Å². The van der Waals surface area contributed by atoms with Crippen molar-refractivity contribution < 1.29 is 13.9 Å². The van der Waals surface area contributed by atoms with Gasteiger partial charge in [0.15, 0.2) is 0 Å². The van der Waals surface area contributed by atoms with Gasteiger partial charge in [-0.3, -0.25) is 0 Å². The van der Waals surface area contributed by atoms with E-state index in [1.807, 2.05) is 0 Å². The highest BCUT2D eigenvalue weighted by Crippen LogP contribution is 2.30. The molecule has 12 heavy (non-hydrogen) atoms. The van der Waals surface area contributed by atoms with E-state index in [0.29, 0.717) is 0 Å². The van der Waals surface area contributed by atoms with Crippen LogP contribution >= 0.6 is 15.9 Å². The molecule has 0 aliphatic carbocycles. The zero-order chi connectivity index (χ0) is 9.19. The van der Waals surface area contributed by atoms with Crippen molar-refractivity contribution in [1.82, 2.24) is 0 Å². The van der Waals surface area contributed by atoms with Crippen LogP contribution < -0.4 is 0 Å². The molecule has 0 saturated carbocycles. The minimum Gasteiger partial charge on any atom is -0.508 e. The van der Waals surface area contributed by atoms with Crippen molar-refractivity contribution in [3.05, 3.63) is 29.8 Å². The molecule has 0 spiro atoms. The lowest BCUT2D eigenvalue weighted by Gasteiger charge is -2.12. The maximum absolute atomic E-state index is 12.9. The summed E-state index contributed by atoms with van der Waals surface area (Å²) >= 11 is 2.71. The molecule has 0 radical (unpaired) electrons. The summed E-state index contributed by atoms with van der Waals surface area (Å²) in [4.78, 5) is 0. The van der Waals surface area contributed by atoms with Crippen molar-refractivity contribution in [3.63, 3.8) is 0 Å². The third-order valence-electron chi connectivity index (χ3n) is 1.46. The Morgan fingerprint density at radius 2 is 1.75 bits per heavy atom. The van der Waals surface area contributed by atoms with E-state index in [0.717, 1.165) is 0 Å². The van der Waals surface area contributed by atoms with Crippen molar-refractivity contribution in [3.8, 4) is 5.75 Å². The SMILES string of the molecule is Oc1ccc(C(F)(F)CBr)cc1. The van der Waals surface area contributed by atoms with E-state index in [-0.39, 0.29) is 11.3 Å². The first-order valence-electron chi connectivity index (χ1n) is 3.29. The molecule has 0 atom stereocenters. The predicted octanol–water partition coefficient (Wildman–Crippen LogP) is 2.88. The second kappa shape index (κ2) is 3.39. The molecule has 1 aromatic carbocycles. The Kier molecular flexibility index (Phi) is 2.67. The Hall–Kier alpha value is -0.640. The number of aromatic hydroxyl groups is 1. The molecule has 0 aliphatic heterocycles. The van der Waals surface area contributed by atoms with Gasteiger partial charge in [-0.25, -0.2) is 8.78 Å². The first-order chi connectivity index (χ1) is 5.56. The van der Waals surface area contributed by atoms with Gasteiger partial charge in [0.05, 0.1) is 5.33 Å². The number of hydrogen-bond acceptors (Lipinski definition) is 1. The molecule has 1 aromatic rings. The van der Waals surface area contributed by atoms with Crippen molar-refractivity contribution in [2.45, 2.75) is 5.92 Å². The number of halogens is 3. The summed E-state index contributed by atoms with van der Waals surface area (Å²) in [6, 6.07) is 4.89. The molecular formula is C8H7BrF2O. The third-order valence-corrected chi connectivity index (χ3v) is 2.16. The zero-order valence-corrected chi connectivity index (χ0v) is 7.68. The first-order valence-corrected chi connectivity index (χ1v) is 4.42. The largest absolute Gasteiger partial charge is 0.508 e. The van der Waals surface area contributed by atoms with Gasteiger partial charge in [-0.15, -0.1) is 0 Å². The molecular weight excluding hydrogens is 230 g/mol. The van der Waals surface area contributed by atoms with Crippen LogP contribution in [0.1, 0.15) is 5.56 Å². The van der Waals surface area contributed by atoms with Crippen LogP contribution in [0.25, 0.3) is 0 Å². The average molecular weight is 237 g/mol. The molecule has 66 valence electrons. The summed E-state index contributed by atoms with van der Waals surface area (Å²) in [7, 11) is 0. The Morgan fingerprint density at radius 1 is 1.25 bits per heavy atom. The second-order valence-corrected chi connectivity index (χ2v) is 2.95. The van der Waals surface area contributed by atoms with Crippen LogP contribution in [0.2, 0.25) is 0 Å². The summed E-state index contributed by atoms with van der Waals surface area (Å²) in [5.41, 5.74) is -0.0998. The normalized spacial score (nSPS) is 11.6. The van der Waals surface area contributed by atoms with Crippen LogP contribution in [0.4, 0.5) is 8.78 Å². The van der Waals surface area contributed by atoms with Gasteiger partial charge in [-0.2, -0.15) is 0 Å². The highest BCUT2D eigenvalue weighted by molar-refractivity contribution is 9.09. The summed E-state index contributed by atoms with van der Waals surface area (Å²) < 4.78 is 25.8. The summed E-state index contributed by atoms with van der Waals surface area (Å²) in [5.74, 6) is -2.88. The van der Waals surface area contributed by atoms with E-state index in [2.05, 4.69) is 15.9 Å². The number of rotatable bonds is 2. The van der Waals surface area contributed by atoms with E-state index in [1.165, 1.54) is 24.3 Å². The van der Waals surface area contributed by atoms with Crippen LogP contribution in [0, 0.1) is 0 Å². The van der Waals surface area contributed by atoms with E-state index in [4.69, 9.17) is 5.11 Å². The highest BCUT2D eigenvalue weighted by Gasteiger charge is 2.29. The van der Waals surface area contributed by atoms with E-state index < -0.39 is 11.3 Å². The first kappa shape index (κ1) is 9.45. The monoisotopic (exact) mass is 236 g/mol. The molecule has 0 fully saturated rings. The predicted molar refractivity (Wildman–Crippen MR) is 45.8 cm³/mol. The molecule has 0 amide bonds. The van der Waals surface area contributed by atoms with Gasteiger partial charge in [0.25, 0.3) is 5.92 Å². The highest BCUT2D eigenvalue weighted by atomic mass is 79.9. The van der Waals surface area contributed by atoms with Gasteiger partial charge < -0.3 is 5.11 Å². The Labute approximate surface area is 77.2 Å². The number of alkyl halides is 3. The van der Waals surface area contributed by atoms with Crippen LogP contribution in [-0.2, 0) is 5.92 Å². The third kappa shape index (κ3) is 1.94. The van der Waals surface area contributed by atoms with E-state index in [1.54, 1.807) is 0 Å². The molecule has 4 heteroatoms. The molecule has 0 aliphatic rings. The van der Waals surface area contributed by atoms with Gasteiger partial charge in [0.2, 0.25) is 0 Å². The van der Waals surface area contributed by atoms with Gasteiger partial charge >= 0.3 is 0 Å². The van der Waals surface area contributed by atoms with E-state index >= 15 is 0 Å². The molecule has 0 bridgehead atoms. The van der Waals surface area contributed by atoms with Crippen LogP contribution in [-0.4, -0.2) is 10.4 Å². The van der Waals surface area contributed by atoms with Gasteiger partial charge in [0, 0.05) is 5.56 Å². The molecule has 1 N–H and O–H groups in total. The summed E-state index contributed by atoms with van der Waals surface area (Å²) in [5, 5.41) is 8.43. The lowest BCUT2D eigenvalue weighted by atomic mass is 10.1. The lowest BCUT2D eigenvalue weighted by Crippen LogP contribution is -2.14. The van der Waals surface area contributed by atoms with Crippen LogP contribution in [0.3, 0.4) is 0 Å². The maximum atomic E-state index is 12.9. The maximum Gasteiger partial charge on any atom is 0.282 e. The van der Waals surface area contributed by atoms with Crippen molar-refractivity contribution in [2.24, 2.45) is 0 Å². The minimum atomic E-state index is -2.87. The quantitative estimate of drug-likeness (QED) is 0.784. The molecule has 1 rings (SSSR count). The molecule has 0 heterocycles. The fraction of sp³-hybridized carbons (Fsp3) is 0.250. The smallest absolute Gasteiger partial charge is 0.282 e. The van der Waals surface area contributed by atoms with Crippen LogP contribution in [0.5, 0.6) is 5.75 Å². The molecule has 0 aromatic heterocycles. The van der Waals surface area contributed by atoms with Crippen molar-refractivity contribution >= 4 is 15.9 Å². The van der Waals surface area contributed by atoms with Crippen LogP contribution in [0.15, 0.2) is 24.3 Å². The van der Waals surface area contributed by atoms with Crippen molar-refractivity contribution in [1.29, 1.82) is 0 Å². The van der Waals surface area contributed by atoms with Crippen molar-refractivity contribution in [2.75, 3.05) is 5.33 Å². The van der Waals surface area contributed by atoms with E-state index in [9.17, 15) is 8.78 Å². The lowest BCUT2D eigenvalue weighted by molar-refractivity contribution is 0.0245. The second-order valence-electron chi connectivity index (χ2n) is 2.38. The molecule has 0 saturated heterocycles. The Bertz CT molecular complexity index is 258. The number of hydrogen-bond donors (Lipinski definition) is 1. The Balaban J connectivity index is 2.96. The number of phenols is 1. The number of benzene rings is 1. The average Bonchev–Trinajstić information content (AvgIpc) is 2.05.